The third-order valence-corrected chi connectivity index (χ3v) is 4.72. The lowest BCUT2D eigenvalue weighted by molar-refractivity contribution is -0.123. The van der Waals surface area contributed by atoms with Crippen molar-refractivity contribution < 1.29 is 18.7 Å². The Morgan fingerprint density at radius 2 is 1.96 bits per heavy atom. The predicted molar refractivity (Wildman–Crippen MR) is 106 cm³/mol. The standard InChI is InChI=1S/C22H25FN2O3/c1-22(2,3)21(15-7-6-8-16(23)13-15)24-19(26)11-12-25-17-9-4-5-10-18(17)28-14-20(25)27/h4-10,13,21H,11-12,14H2,1-3H3,(H,24,26)/t21-/m1/s1. The number of rotatable bonds is 5. The Kier molecular flexibility index (Phi) is 5.68. The number of benzene rings is 2. The Morgan fingerprint density at radius 1 is 1.21 bits per heavy atom. The number of hydrogen-bond donors (Lipinski definition) is 1. The van der Waals surface area contributed by atoms with Gasteiger partial charge < -0.3 is 15.0 Å². The molecule has 1 atom stereocenters. The summed E-state index contributed by atoms with van der Waals surface area (Å²) in [4.78, 5) is 26.5. The number of halogens is 1. The van der Waals surface area contributed by atoms with E-state index in [1.54, 1.807) is 29.2 Å². The molecule has 148 valence electrons. The number of carbonyl (C=O) groups excluding carboxylic acids is 2. The molecule has 0 fully saturated rings. The van der Waals surface area contributed by atoms with Crippen molar-refractivity contribution in [2.75, 3.05) is 18.1 Å². The Morgan fingerprint density at radius 3 is 2.68 bits per heavy atom. The third kappa shape index (κ3) is 4.50. The van der Waals surface area contributed by atoms with E-state index in [4.69, 9.17) is 4.74 Å². The van der Waals surface area contributed by atoms with Gasteiger partial charge >= 0.3 is 0 Å². The molecule has 0 bridgehead atoms. The summed E-state index contributed by atoms with van der Waals surface area (Å²) >= 11 is 0. The highest BCUT2D eigenvalue weighted by molar-refractivity contribution is 5.98. The molecule has 2 amide bonds. The topological polar surface area (TPSA) is 58.6 Å². The van der Waals surface area contributed by atoms with Crippen LogP contribution in [0.1, 0.15) is 38.8 Å². The SMILES string of the molecule is CC(C)(C)[C@H](NC(=O)CCN1C(=O)COc2ccccc21)c1cccc(F)c1. The summed E-state index contributed by atoms with van der Waals surface area (Å²) in [5.74, 6) is -0.0729. The maximum absolute atomic E-state index is 13.7. The summed E-state index contributed by atoms with van der Waals surface area (Å²) < 4.78 is 19.1. The molecule has 0 unspecified atom stereocenters. The molecule has 0 saturated carbocycles. The smallest absolute Gasteiger partial charge is 0.265 e. The zero-order valence-electron chi connectivity index (χ0n) is 16.4. The molecule has 3 rings (SSSR count). The fourth-order valence-corrected chi connectivity index (χ4v) is 3.33. The van der Waals surface area contributed by atoms with Crippen LogP contribution in [0.15, 0.2) is 48.5 Å². The second-order valence-corrected chi connectivity index (χ2v) is 7.97. The normalized spacial score (nSPS) is 14.9. The van der Waals surface area contributed by atoms with Crippen molar-refractivity contribution in [3.63, 3.8) is 0 Å². The molecule has 0 radical (unpaired) electrons. The highest BCUT2D eigenvalue weighted by atomic mass is 19.1. The maximum Gasteiger partial charge on any atom is 0.265 e. The van der Waals surface area contributed by atoms with Crippen LogP contribution in [0.3, 0.4) is 0 Å². The van der Waals surface area contributed by atoms with E-state index in [1.807, 2.05) is 32.9 Å². The third-order valence-electron chi connectivity index (χ3n) is 4.72. The van der Waals surface area contributed by atoms with Crippen LogP contribution < -0.4 is 15.0 Å². The van der Waals surface area contributed by atoms with E-state index in [2.05, 4.69) is 5.32 Å². The average molecular weight is 384 g/mol. The van der Waals surface area contributed by atoms with E-state index < -0.39 is 0 Å². The number of nitrogens with one attached hydrogen (secondary N) is 1. The Bertz CT molecular complexity index is 876. The lowest BCUT2D eigenvalue weighted by atomic mass is 9.82. The van der Waals surface area contributed by atoms with E-state index in [-0.39, 0.29) is 48.7 Å². The van der Waals surface area contributed by atoms with Gasteiger partial charge in [-0.1, -0.05) is 45.0 Å². The van der Waals surface area contributed by atoms with Gasteiger partial charge in [-0.25, -0.2) is 4.39 Å². The van der Waals surface area contributed by atoms with Gasteiger partial charge in [-0.2, -0.15) is 0 Å². The number of nitrogens with zero attached hydrogens (tertiary/aromatic N) is 1. The summed E-state index contributed by atoms with van der Waals surface area (Å²) in [7, 11) is 0. The molecule has 0 aromatic heterocycles. The Balaban J connectivity index is 1.70. The van der Waals surface area contributed by atoms with Gasteiger partial charge in [0.05, 0.1) is 11.7 Å². The number of anilines is 1. The summed E-state index contributed by atoms with van der Waals surface area (Å²) in [5, 5.41) is 3.00. The van der Waals surface area contributed by atoms with Crippen molar-refractivity contribution in [2.45, 2.75) is 33.2 Å². The fraction of sp³-hybridized carbons (Fsp3) is 0.364. The number of amides is 2. The largest absolute Gasteiger partial charge is 0.482 e. The molecule has 1 N–H and O–H groups in total. The molecular weight excluding hydrogens is 359 g/mol. The molecule has 28 heavy (non-hydrogen) atoms. The summed E-state index contributed by atoms with van der Waals surface area (Å²) in [6.45, 7) is 6.19. The molecule has 1 aliphatic rings. The lowest BCUT2D eigenvalue weighted by Crippen LogP contribution is -2.42. The van der Waals surface area contributed by atoms with Crippen LogP contribution in [0.25, 0.3) is 0 Å². The first-order chi connectivity index (χ1) is 13.3. The van der Waals surface area contributed by atoms with Gasteiger partial charge in [0.15, 0.2) is 6.61 Å². The van der Waals surface area contributed by atoms with Gasteiger partial charge in [-0.15, -0.1) is 0 Å². The number of fused-ring (bicyclic) bond motifs is 1. The summed E-state index contributed by atoms with van der Waals surface area (Å²) in [6.07, 6.45) is 0.141. The number of carbonyl (C=O) groups is 2. The van der Waals surface area contributed by atoms with E-state index in [9.17, 15) is 14.0 Å². The van der Waals surface area contributed by atoms with Gasteiger partial charge in [-0.3, -0.25) is 9.59 Å². The predicted octanol–water partition coefficient (Wildman–Crippen LogP) is 3.84. The van der Waals surface area contributed by atoms with Crippen LogP contribution in [0, 0.1) is 11.2 Å². The van der Waals surface area contributed by atoms with Crippen molar-refractivity contribution >= 4 is 17.5 Å². The van der Waals surface area contributed by atoms with Gasteiger partial charge in [-0.05, 0) is 35.2 Å². The van der Waals surface area contributed by atoms with Gasteiger partial charge in [0.2, 0.25) is 5.91 Å². The lowest BCUT2D eigenvalue weighted by Gasteiger charge is -2.33. The zero-order chi connectivity index (χ0) is 20.3. The second kappa shape index (κ2) is 8.00. The number of ether oxygens (including phenoxy) is 1. The molecule has 1 heterocycles. The highest BCUT2D eigenvalue weighted by Crippen LogP contribution is 2.34. The minimum Gasteiger partial charge on any atom is -0.482 e. The van der Waals surface area contributed by atoms with Crippen molar-refractivity contribution in [1.29, 1.82) is 0 Å². The van der Waals surface area contributed by atoms with Gasteiger partial charge in [0.25, 0.3) is 5.91 Å². The monoisotopic (exact) mass is 384 g/mol. The summed E-state index contributed by atoms with van der Waals surface area (Å²) in [5.41, 5.74) is 1.09. The van der Waals surface area contributed by atoms with Crippen LogP contribution in [-0.4, -0.2) is 25.0 Å². The van der Waals surface area contributed by atoms with Crippen LogP contribution in [-0.2, 0) is 9.59 Å². The van der Waals surface area contributed by atoms with Crippen molar-refractivity contribution in [1.82, 2.24) is 5.32 Å². The Hall–Kier alpha value is -2.89. The van der Waals surface area contributed by atoms with Crippen LogP contribution in [0.5, 0.6) is 5.75 Å². The van der Waals surface area contributed by atoms with E-state index in [0.29, 0.717) is 17.0 Å². The molecular formula is C22H25FN2O3. The molecule has 0 spiro atoms. The van der Waals surface area contributed by atoms with Crippen molar-refractivity contribution in [3.8, 4) is 5.75 Å². The first-order valence-electron chi connectivity index (χ1n) is 9.33. The number of para-hydroxylation sites is 2. The second-order valence-electron chi connectivity index (χ2n) is 7.97. The molecule has 5 nitrogen and oxygen atoms in total. The van der Waals surface area contributed by atoms with Crippen molar-refractivity contribution in [2.24, 2.45) is 5.41 Å². The molecule has 2 aromatic carbocycles. The average Bonchev–Trinajstić information content (AvgIpc) is 2.64. The minimum atomic E-state index is -0.344. The van der Waals surface area contributed by atoms with E-state index in [0.717, 1.165) is 0 Å². The van der Waals surface area contributed by atoms with Crippen molar-refractivity contribution in [3.05, 3.63) is 59.9 Å². The fourth-order valence-electron chi connectivity index (χ4n) is 3.33. The molecule has 1 aliphatic heterocycles. The first-order valence-corrected chi connectivity index (χ1v) is 9.33. The van der Waals surface area contributed by atoms with E-state index in [1.165, 1.54) is 12.1 Å². The van der Waals surface area contributed by atoms with Crippen LogP contribution in [0.2, 0.25) is 0 Å². The first kappa shape index (κ1) is 19.9. The molecule has 0 saturated heterocycles. The molecule has 6 heteroatoms. The quantitative estimate of drug-likeness (QED) is 0.852. The van der Waals surface area contributed by atoms with Crippen LogP contribution >= 0.6 is 0 Å². The zero-order valence-corrected chi connectivity index (χ0v) is 16.4. The molecule has 2 aromatic rings. The van der Waals surface area contributed by atoms with Crippen LogP contribution in [0.4, 0.5) is 10.1 Å². The maximum atomic E-state index is 13.7. The summed E-state index contributed by atoms with van der Waals surface area (Å²) in [6, 6.07) is 13.2. The molecule has 0 aliphatic carbocycles. The highest BCUT2D eigenvalue weighted by Gasteiger charge is 2.29. The Labute approximate surface area is 164 Å². The van der Waals surface area contributed by atoms with Gasteiger partial charge in [0, 0.05) is 13.0 Å². The minimum absolute atomic E-state index is 0.0352. The van der Waals surface area contributed by atoms with E-state index >= 15 is 0 Å². The van der Waals surface area contributed by atoms with Gasteiger partial charge in [0.1, 0.15) is 11.6 Å². The number of hydrogen-bond acceptors (Lipinski definition) is 3.